The molecule has 1 heterocycles. The molecule has 0 aliphatic carbocycles. The van der Waals surface area contributed by atoms with Crippen LogP contribution in [0.5, 0.6) is 0 Å². The average molecular weight is 322 g/mol. The van der Waals surface area contributed by atoms with Crippen LogP contribution in [0.2, 0.25) is 0 Å². The van der Waals surface area contributed by atoms with Gasteiger partial charge in [0.15, 0.2) is 5.78 Å². The lowest BCUT2D eigenvalue weighted by Gasteiger charge is -2.23. The summed E-state index contributed by atoms with van der Waals surface area (Å²) < 4.78 is 0. The lowest BCUT2D eigenvalue weighted by Crippen LogP contribution is -2.38. The fraction of sp³-hybridized carbons (Fsp3) is 0.300. The molecule has 124 valence electrons. The number of rotatable bonds is 5. The molecule has 1 atom stereocenters. The fourth-order valence-electron chi connectivity index (χ4n) is 3.05. The molecule has 0 bridgehead atoms. The molecule has 0 radical (unpaired) electrons. The fourth-order valence-corrected chi connectivity index (χ4v) is 3.05. The number of ketones is 1. The predicted octanol–water partition coefficient (Wildman–Crippen LogP) is 2.65. The molecular weight excluding hydrogens is 300 g/mol. The number of carbonyl (C=O) groups is 2. The van der Waals surface area contributed by atoms with Gasteiger partial charge in [0.2, 0.25) is 0 Å². The molecule has 1 amide bonds. The Morgan fingerprint density at radius 2 is 1.71 bits per heavy atom. The van der Waals surface area contributed by atoms with Crippen LogP contribution in [-0.2, 0) is 0 Å². The zero-order chi connectivity index (χ0) is 16.8. The van der Waals surface area contributed by atoms with Gasteiger partial charge in [-0.3, -0.25) is 9.59 Å². The van der Waals surface area contributed by atoms with E-state index in [1.165, 1.54) is 0 Å². The van der Waals surface area contributed by atoms with E-state index in [2.05, 4.69) is 10.6 Å². The van der Waals surface area contributed by atoms with Crippen LogP contribution in [0, 0.1) is 5.92 Å². The number of piperidine rings is 1. The summed E-state index contributed by atoms with van der Waals surface area (Å²) in [5, 5.41) is 6.33. The Bertz CT molecular complexity index is 707. The maximum Gasteiger partial charge on any atom is 0.252 e. The molecule has 2 N–H and O–H groups in total. The van der Waals surface area contributed by atoms with E-state index in [4.69, 9.17) is 0 Å². The Kier molecular flexibility index (Phi) is 5.39. The Labute approximate surface area is 142 Å². The Morgan fingerprint density at radius 1 is 1.00 bits per heavy atom. The van der Waals surface area contributed by atoms with Gasteiger partial charge in [0.05, 0.1) is 5.56 Å². The second-order valence-electron chi connectivity index (χ2n) is 6.16. The van der Waals surface area contributed by atoms with Crippen LogP contribution in [0.15, 0.2) is 54.6 Å². The molecule has 0 aromatic heterocycles. The Morgan fingerprint density at radius 3 is 2.42 bits per heavy atom. The first-order valence-electron chi connectivity index (χ1n) is 8.43. The molecule has 0 saturated carbocycles. The minimum Gasteiger partial charge on any atom is -0.352 e. The van der Waals surface area contributed by atoms with E-state index in [1.54, 1.807) is 36.4 Å². The molecule has 2 aromatic carbocycles. The maximum absolute atomic E-state index is 12.7. The van der Waals surface area contributed by atoms with E-state index >= 15 is 0 Å². The van der Waals surface area contributed by atoms with Gasteiger partial charge in [0, 0.05) is 17.7 Å². The largest absolute Gasteiger partial charge is 0.352 e. The van der Waals surface area contributed by atoms with Crippen molar-refractivity contribution in [2.45, 2.75) is 12.8 Å². The summed E-state index contributed by atoms with van der Waals surface area (Å²) in [5.74, 6) is 0.154. The highest BCUT2D eigenvalue weighted by Gasteiger charge is 2.19. The van der Waals surface area contributed by atoms with Crippen molar-refractivity contribution in [3.63, 3.8) is 0 Å². The van der Waals surface area contributed by atoms with Crippen LogP contribution in [0.4, 0.5) is 0 Å². The van der Waals surface area contributed by atoms with Gasteiger partial charge in [0.1, 0.15) is 0 Å². The first-order chi connectivity index (χ1) is 11.8. The zero-order valence-corrected chi connectivity index (χ0v) is 13.6. The van der Waals surface area contributed by atoms with E-state index in [0.29, 0.717) is 29.2 Å². The van der Waals surface area contributed by atoms with Gasteiger partial charge in [-0.15, -0.1) is 0 Å². The first kappa shape index (κ1) is 16.4. The molecule has 1 fully saturated rings. The normalized spacial score (nSPS) is 17.2. The van der Waals surface area contributed by atoms with Gasteiger partial charge >= 0.3 is 0 Å². The average Bonchev–Trinajstić information content (AvgIpc) is 2.67. The van der Waals surface area contributed by atoms with Gasteiger partial charge in [-0.05, 0) is 37.9 Å². The third-order valence-corrected chi connectivity index (χ3v) is 4.40. The minimum absolute atomic E-state index is 0.124. The summed E-state index contributed by atoms with van der Waals surface area (Å²) in [6, 6.07) is 16.1. The van der Waals surface area contributed by atoms with Gasteiger partial charge in [-0.2, -0.15) is 0 Å². The lowest BCUT2D eigenvalue weighted by molar-refractivity contribution is 0.0934. The second kappa shape index (κ2) is 7.88. The van der Waals surface area contributed by atoms with Crippen molar-refractivity contribution in [1.29, 1.82) is 0 Å². The summed E-state index contributed by atoms with van der Waals surface area (Å²) in [6.45, 7) is 2.63. The number of hydrogen-bond acceptors (Lipinski definition) is 3. The van der Waals surface area contributed by atoms with Crippen LogP contribution in [0.1, 0.15) is 39.1 Å². The van der Waals surface area contributed by atoms with Crippen molar-refractivity contribution in [2.75, 3.05) is 19.6 Å². The molecule has 1 aliphatic rings. The van der Waals surface area contributed by atoms with Crippen molar-refractivity contribution in [3.8, 4) is 0 Å². The number of carbonyl (C=O) groups excluding carboxylic acids is 2. The van der Waals surface area contributed by atoms with Crippen LogP contribution in [-0.4, -0.2) is 31.3 Å². The molecule has 1 saturated heterocycles. The molecular formula is C20H22N2O2. The van der Waals surface area contributed by atoms with Crippen LogP contribution in [0.3, 0.4) is 0 Å². The molecule has 0 spiro atoms. The Hall–Kier alpha value is -2.46. The van der Waals surface area contributed by atoms with Crippen molar-refractivity contribution in [2.24, 2.45) is 5.92 Å². The number of amides is 1. The van der Waals surface area contributed by atoms with Crippen LogP contribution < -0.4 is 10.6 Å². The summed E-state index contributed by atoms with van der Waals surface area (Å²) in [6.07, 6.45) is 2.27. The monoisotopic (exact) mass is 322 g/mol. The van der Waals surface area contributed by atoms with E-state index < -0.39 is 0 Å². The van der Waals surface area contributed by atoms with E-state index in [0.717, 1.165) is 25.9 Å². The van der Waals surface area contributed by atoms with Crippen molar-refractivity contribution < 1.29 is 9.59 Å². The smallest absolute Gasteiger partial charge is 0.252 e. The molecule has 4 nitrogen and oxygen atoms in total. The van der Waals surface area contributed by atoms with Gasteiger partial charge < -0.3 is 10.6 Å². The summed E-state index contributed by atoms with van der Waals surface area (Å²) in [4.78, 5) is 25.2. The first-order valence-corrected chi connectivity index (χ1v) is 8.43. The maximum atomic E-state index is 12.7. The highest BCUT2D eigenvalue weighted by Crippen LogP contribution is 2.15. The summed E-state index contributed by atoms with van der Waals surface area (Å²) in [7, 11) is 0. The number of hydrogen-bond donors (Lipinski definition) is 2. The lowest BCUT2D eigenvalue weighted by atomic mass is 9.97. The van der Waals surface area contributed by atoms with Crippen molar-refractivity contribution in [1.82, 2.24) is 10.6 Å². The van der Waals surface area contributed by atoms with Crippen LogP contribution >= 0.6 is 0 Å². The summed E-state index contributed by atoms with van der Waals surface area (Å²) >= 11 is 0. The SMILES string of the molecule is O=C(NCC1CCCNC1)c1ccccc1C(=O)c1ccccc1. The zero-order valence-electron chi connectivity index (χ0n) is 13.6. The topological polar surface area (TPSA) is 58.2 Å². The molecule has 2 aromatic rings. The second-order valence-corrected chi connectivity index (χ2v) is 6.16. The van der Waals surface area contributed by atoms with Crippen molar-refractivity contribution >= 4 is 11.7 Å². The molecule has 4 heteroatoms. The quantitative estimate of drug-likeness (QED) is 0.832. The standard InChI is InChI=1S/C20H22N2O2/c23-19(16-8-2-1-3-9-16)17-10-4-5-11-18(17)20(24)22-14-15-7-6-12-21-13-15/h1-5,8-11,15,21H,6-7,12-14H2,(H,22,24). The van der Waals surface area contributed by atoms with Gasteiger partial charge in [-0.25, -0.2) is 0 Å². The Balaban J connectivity index is 1.73. The number of benzene rings is 2. The van der Waals surface area contributed by atoms with E-state index in [9.17, 15) is 9.59 Å². The van der Waals surface area contributed by atoms with Crippen molar-refractivity contribution in [3.05, 3.63) is 71.3 Å². The molecule has 1 aliphatic heterocycles. The minimum atomic E-state index is -0.180. The molecule has 1 unspecified atom stereocenters. The predicted molar refractivity (Wildman–Crippen MR) is 94.2 cm³/mol. The third-order valence-electron chi connectivity index (χ3n) is 4.40. The highest BCUT2D eigenvalue weighted by atomic mass is 16.2. The van der Waals surface area contributed by atoms with Gasteiger partial charge in [-0.1, -0.05) is 48.5 Å². The van der Waals surface area contributed by atoms with E-state index in [-0.39, 0.29) is 11.7 Å². The van der Waals surface area contributed by atoms with Crippen LogP contribution in [0.25, 0.3) is 0 Å². The third kappa shape index (κ3) is 3.89. The van der Waals surface area contributed by atoms with E-state index in [1.807, 2.05) is 18.2 Å². The molecule has 3 rings (SSSR count). The number of nitrogens with one attached hydrogen (secondary N) is 2. The summed E-state index contributed by atoms with van der Waals surface area (Å²) in [5.41, 5.74) is 1.48. The molecule has 24 heavy (non-hydrogen) atoms. The highest BCUT2D eigenvalue weighted by molar-refractivity contribution is 6.15. The van der Waals surface area contributed by atoms with Gasteiger partial charge in [0.25, 0.3) is 5.91 Å².